The average Bonchev–Trinajstić information content (AvgIpc) is 2.44. The van der Waals surface area contributed by atoms with Gasteiger partial charge in [-0.15, -0.1) is 0 Å². The van der Waals surface area contributed by atoms with E-state index in [1.165, 1.54) is 6.07 Å². The minimum atomic E-state index is -0.768. The summed E-state index contributed by atoms with van der Waals surface area (Å²) in [6, 6.07) is 3.08. The standard InChI is InChI=1S/C15H20F2N2O2/c1-19-7-3-4-11(14(19)9-21-2)15(20)18-13-6-5-10(16)8-12(13)17/h5-6,8,11,14H,3-4,7,9H2,1-2H3,(H,18,20)/t11-,14-/m1/s1. The predicted octanol–water partition coefficient (Wildman–Crippen LogP) is 2.26. The molecule has 0 bridgehead atoms. The number of rotatable bonds is 4. The second-order valence-corrected chi connectivity index (χ2v) is 5.37. The molecule has 0 aromatic heterocycles. The maximum absolute atomic E-state index is 13.6. The van der Waals surface area contributed by atoms with Crippen LogP contribution in [-0.2, 0) is 9.53 Å². The Morgan fingerprint density at radius 3 is 2.90 bits per heavy atom. The summed E-state index contributed by atoms with van der Waals surface area (Å²) in [6.45, 7) is 1.35. The Bertz CT molecular complexity index is 510. The van der Waals surface area contributed by atoms with E-state index in [2.05, 4.69) is 10.2 Å². The minimum absolute atomic E-state index is 0.00536. The van der Waals surface area contributed by atoms with Crippen molar-refractivity contribution in [3.63, 3.8) is 0 Å². The van der Waals surface area contributed by atoms with E-state index >= 15 is 0 Å². The predicted molar refractivity (Wildman–Crippen MR) is 76.0 cm³/mol. The Kier molecular flexibility index (Phi) is 5.25. The summed E-state index contributed by atoms with van der Waals surface area (Å²) < 4.78 is 31.7. The minimum Gasteiger partial charge on any atom is -0.383 e. The summed E-state index contributed by atoms with van der Waals surface area (Å²) in [5, 5.41) is 2.55. The van der Waals surface area contributed by atoms with Crippen molar-refractivity contribution in [2.45, 2.75) is 18.9 Å². The molecule has 4 nitrogen and oxygen atoms in total. The molecule has 6 heteroatoms. The van der Waals surface area contributed by atoms with Crippen LogP contribution in [0.1, 0.15) is 12.8 Å². The molecule has 116 valence electrons. The fraction of sp³-hybridized carbons (Fsp3) is 0.533. The van der Waals surface area contributed by atoms with Crippen LogP contribution in [0.25, 0.3) is 0 Å². The third-order valence-corrected chi connectivity index (χ3v) is 3.92. The Morgan fingerprint density at radius 2 is 2.24 bits per heavy atom. The van der Waals surface area contributed by atoms with E-state index in [1.807, 2.05) is 7.05 Å². The molecule has 1 aliphatic rings. The number of nitrogens with zero attached hydrogens (tertiary/aromatic N) is 1. The van der Waals surface area contributed by atoms with E-state index in [0.29, 0.717) is 6.61 Å². The van der Waals surface area contributed by atoms with Crippen molar-refractivity contribution in [1.29, 1.82) is 0 Å². The average molecular weight is 298 g/mol. The second kappa shape index (κ2) is 6.95. The molecule has 0 radical (unpaired) electrons. The lowest BCUT2D eigenvalue weighted by Gasteiger charge is -2.37. The zero-order valence-corrected chi connectivity index (χ0v) is 12.2. The molecule has 0 saturated carbocycles. The monoisotopic (exact) mass is 298 g/mol. The molecule has 0 spiro atoms. The van der Waals surface area contributed by atoms with Gasteiger partial charge in [0.1, 0.15) is 11.6 Å². The molecule has 1 fully saturated rings. The highest BCUT2D eigenvalue weighted by molar-refractivity contribution is 5.93. The molecule has 1 aliphatic heterocycles. The summed E-state index contributed by atoms with van der Waals surface area (Å²) in [5.74, 6) is -1.96. The number of hydrogen-bond acceptors (Lipinski definition) is 3. The third kappa shape index (κ3) is 3.77. The van der Waals surface area contributed by atoms with Crippen LogP contribution in [0.5, 0.6) is 0 Å². The number of carbonyl (C=O) groups excluding carboxylic acids is 1. The Morgan fingerprint density at radius 1 is 1.48 bits per heavy atom. The van der Waals surface area contributed by atoms with Gasteiger partial charge in [-0.05, 0) is 38.6 Å². The van der Waals surface area contributed by atoms with Gasteiger partial charge < -0.3 is 15.0 Å². The van der Waals surface area contributed by atoms with Gasteiger partial charge in [0.2, 0.25) is 5.91 Å². The molecule has 0 aliphatic carbocycles. The van der Waals surface area contributed by atoms with Crippen LogP contribution in [0.2, 0.25) is 0 Å². The number of likely N-dealkylation sites (N-methyl/N-ethyl adjacent to an activating group) is 1. The molecule has 1 aromatic carbocycles. The molecule has 2 rings (SSSR count). The van der Waals surface area contributed by atoms with Crippen LogP contribution in [0.15, 0.2) is 18.2 Å². The highest BCUT2D eigenvalue weighted by atomic mass is 19.1. The zero-order chi connectivity index (χ0) is 15.4. The Labute approximate surface area is 123 Å². The maximum atomic E-state index is 13.6. The first-order valence-corrected chi connectivity index (χ1v) is 6.98. The molecule has 1 aromatic rings. The summed E-state index contributed by atoms with van der Waals surface area (Å²) in [5.41, 5.74) is 0.00536. The highest BCUT2D eigenvalue weighted by Gasteiger charge is 2.34. The fourth-order valence-electron chi connectivity index (χ4n) is 2.76. The van der Waals surface area contributed by atoms with Gasteiger partial charge in [-0.25, -0.2) is 8.78 Å². The first kappa shape index (κ1) is 15.9. The summed E-state index contributed by atoms with van der Waals surface area (Å²) >= 11 is 0. The van der Waals surface area contributed by atoms with Crippen molar-refractivity contribution in [3.05, 3.63) is 29.8 Å². The van der Waals surface area contributed by atoms with Gasteiger partial charge in [0, 0.05) is 19.2 Å². The van der Waals surface area contributed by atoms with Crippen LogP contribution in [0.4, 0.5) is 14.5 Å². The fourth-order valence-corrected chi connectivity index (χ4v) is 2.76. The third-order valence-electron chi connectivity index (χ3n) is 3.92. The molecule has 2 atom stereocenters. The number of piperidine rings is 1. The smallest absolute Gasteiger partial charge is 0.229 e. The normalized spacial score (nSPS) is 23.0. The second-order valence-electron chi connectivity index (χ2n) is 5.37. The van der Waals surface area contributed by atoms with E-state index in [-0.39, 0.29) is 23.6 Å². The van der Waals surface area contributed by atoms with Crippen LogP contribution in [-0.4, -0.2) is 44.2 Å². The van der Waals surface area contributed by atoms with Crippen molar-refractivity contribution in [2.24, 2.45) is 5.92 Å². The SMILES string of the molecule is COC[C@@H]1[C@H](C(=O)Nc2ccc(F)cc2F)CCCN1C. The van der Waals surface area contributed by atoms with Crippen LogP contribution in [0, 0.1) is 17.6 Å². The van der Waals surface area contributed by atoms with Gasteiger partial charge >= 0.3 is 0 Å². The van der Waals surface area contributed by atoms with Crippen LogP contribution >= 0.6 is 0 Å². The topological polar surface area (TPSA) is 41.6 Å². The van der Waals surface area contributed by atoms with Crippen molar-refractivity contribution in [3.8, 4) is 0 Å². The van der Waals surface area contributed by atoms with Crippen LogP contribution in [0.3, 0.4) is 0 Å². The van der Waals surface area contributed by atoms with Gasteiger partial charge in [0.05, 0.1) is 18.2 Å². The lowest BCUT2D eigenvalue weighted by atomic mass is 9.89. The molecule has 1 N–H and O–H groups in total. The molecule has 1 heterocycles. The van der Waals surface area contributed by atoms with Gasteiger partial charge in [-0.1, -0.05) is 0 Å². The number of ether oxygens (including phenoxy) is 1. The van der Waals surface area contributed by atoms with Gasteiger partial charge in [-0.3, -0.25) is 4.79 Å². The molecular formula is C15H20F2N2O2. The number of carbonyl (C=O) groups is 1. The number of anilines is 1. The van der Waals surface area contributed by atoms with Crippen molar-refractivity contribution >= 4 is 11.6 Å². The first-order chi connectivity index (χ1) is 10.0. The lowest BCUT2D eigenvalue weighted by molar-refractivity contribution is -0.124. The summed E-state index contributed by atoms with van der Waals surface area (Å²) in [7, 11) is 3.54. The summed E-state index contributed by atoms with van der Waals surface area (Å²) in [6.07, 6.45) is 1.63. The van der Waals surface area contributed by atoms with Crippen molar-refractivity contribution in [2.75, 3.05) is 32.6 Å². The van der Waals surface area contributed by atoms with Crippen molar-refractivity contribution in [1.82, 2.24) is 4.90 Å². The number of methoxy groups -OCH3 is 1. The lowest BCUT2D eigenvalue weighted by Crippen LogP contribution is -2.49. The van der Waals surface area contributed by atoms with Gasteiger partial charge in [0.25, 0.3) is 0 Å². The number of benzene rings is 1. The quantitative estimate of drug-likeness (QED) is 0.927. The first-order valence-electron chi connectivity index (χ1n) is 6.98. The van der Waals surface area contributed by atoms with E-state index in [1.54, 1.807) is 7.11 Å². The largest absolute Gasteiger partial charge is 0.383 e. The maximum Gasteiger partial charge on any atom is 0.229 e. The Hall–Kier alpha value is -1.53. The van der Waals surface area contributed by atoms with Crippen molar-refractivity contribution < 1.29 is 18.3 Å². The summed E-state index contributed by atoms with van der Waals surface area (Å²) in [4.78, 5) is 14.5. The number of nitrogens with one attached hydrogen (secondary N) is 1. The molecule has 0 unspecified atom stereocenters. The number of hydrogen-bond donors (Lipinski definition) is 1. The molecule has 1 saturated heterocycles. The zero-order valence-electron chi connectivity index (χ0n) is 12.2. The van der Waals surface area contributed by atoms with Crippen LogP contribution < -0.4 is 5.32 Å². The van der Waals surface area contributed by atoms with E-state index < -0.39 is 11.6 Å². The van der Waals surface area contributed by atoms with E-state index in [0.717, 1.165) is 31.5 Å². The molecular weight excluding hydrogens is 278 g/mol. The number of halogens is 2. The van der Waals surface area contributed by atoms with E-state index in [4.69, 9.17) is 4.74 Å². The molecule has 1 amide bonds. The van der Waals surface area contributed by atoms with E-state index in [9.17, 15) is 13.6 Å². The number of amides is 1. The van der Waals surface area contributed by atoms with Gasteiger partial charge in [0.15, 0.2) is 0 Å². The Balaban J connectivity index is 2.10. The number of likely N-dealkylation sites (tertiary alicyclic amines) is 1. The molecule has 21 heavy (non-hydrogen) atoms. The highest BCUT2D eigenvalue weighted by Crippen LogP contribution is 2.25. The van der Waals surface area contributed by atoms with Gasteiger partial charge in [-0.2, -0.15) is 0 Å².